The van der Waals surface area contributed by atoms with Gasteiger partial charge in [-0.2, -0.15) is 0 Å². The zero-order valence-corrected chi connectivity index (χ0v) is 6.81. The van der Waals surface area contributed by atoms with E-state index in [2.05, 4.69) is 0 Å². The fraction of sp³-hybridized carbons (Fsp3) is 1.00. The van der Waals surface area contributed by atoms with Crippen LogP contribution >= 0.6 is 0 Å². The topological polar surface area (TPSA) is 18.5 Å². The predicted molar refractivity (Wildman–Crippen MR) is 43.8 cm³/mol. The van der Waals surface area contributed by atoms with E-state index >= 15 is 0 Å². The van der Waals surface area contributed by atoms with Crippen LogP contribution < -0.4 is 18.9 Å². The molecule has 0 aliphatic rings. The average Bonchev–Trinajstić information content (AvgIpc) is 1.68. The van der Waals surface area contributed by atoms with Crippen molar-refractivity contribution in [3.8, 4) is 0 Å². The Hall–Kier alpha value is 1.05. The van der Waals surface area contributed by atoms with Crippen LogP contribution in [0.25, 0.3) is 0 Å². The molecular formula is C6H18AlLiO2. The monoisotopic (exact) mass is 156 g/mol. The van der Waals surface area contributed by atoms with Crippen molar-refractivity contribution in [2.24, 2.45) is 0 Å². The molecule has 0 rings (SSSR count). The minimum Gasteiger partial charge on any atom is -1.00 e. The van der Waals surface area contributed by atoms with E-state index in [4.69, 9.17) is 9.47 Å². The molecule has 0 radical (unpaired) electrons. The summed E-state index contributed by atoms with van der Waals surface area (Å²) in [4.78, 5) is 0. The average molecular weight is 156 g/mol. The van der Waals surface area contributed by atoms with E-state index in [-0.39, 0.29) is 43.9 Å². The van der Waals surface area contributed by atoms with Gasteiger partial charge in [0.05, 0.1) is 0 Å². The third-order valence-corrected chi connectivity index (χ3v) is 0.803. The summed E-state index contributed by atoms with van der Waals surface area (Å²) in [5.41, 5.74) is 0. The van der Waals surface area contributed by atoms with Gasteiger partial charge in [-0.3, -0.25) is 0 Å². The van der Waals surface area contributed by atoms with Crippen molar-refractivity contribution >= 4 is 17.4 Å². The molecule has 10 heavy (non-hydrogen) atoms. The molecule has 0 aliphatic carbocycles. The Morgan fingerprint density at radius 2 is 1.50 bits per heavy atom. The molecule has 0 aromatic heterocycles. The van der Waals surface area contributed by atoms with E-state index in [1.807, 2.05) is 20.8 Å². The molecule has 4 heteroatoms. The maximum absolute atomic E-state index is 5.06. The first-order valence-electron chi connectivity index (χ1n) is 3.04. The van der Waals surface area contributed by atoms with Gasteiger partial charge in [0.2, 0.25) is 0 Å². The maximum Gasteiger partial charge on any atom is 1.00 e. The summed E-state index contributed by atoms with van der Waals surface area (Å²) in [6.07, 6.45) is -0.0370. The number of hydrogen-bond acceptors (Lipinski definition) is 2. The SMILES string of the molecule is CCOC(C)OCC.[AlH3].[H-].[Li+]. The first-order valence-corrected chi connectivity index (χ1v) is 3.04. The maximum atomic E-state index is 5.06. The fourth-order valence-electron chi connectivity index (χ4n) is 0.518. The van der Waals surface area contributed by atoms with Crippen LogP contribution in [-0.4, -0.2) is 36.9 Å². The third kappa shape index (κ3) is 11.8. The van der Waals surface area contributed by atoms with Gasteiger partial charge < -0.3 is 10.9 Å². The summed E-state index contributed by atoms with van der Waals surface area (Å²) in [5, 5.41) is 0. The largest absolute Gasteiger partial charge is 1.00 e. The van der Waals surface area contributed by atoms with Crippen LogP contribution in [0, 0.1) is 0 Å². The second-order valence-corrected chi connectivity index (χ2v) is 1.48. The molecule has 0 atom stereocenters. The van der Waals surface area contributed by atoms with Gasteiger partial charge in [-0.25, -0.2) is 0 Å². The van der Waals surface area contributed by atoms with Crippen molar-refractivity contribution in [1.82, 2.24) is 0 Å². The molecule has 58 valence electrons. The first kappa shape index (κ1) is 17.2. The molecule has 0 saturated carbocycles. The number of hydrogen-bond donors (Lipinski definition) is 0. The van der Waals surface area contributed by atoms with Crippen LogP contribution in [0.4, 0.5) is 0 Å². The van der Waals surface area contributed by atoms with Gasteiger partial charge in [0.15, 0.2) is 23.7 Å². The zero-order valence-electron chi connectivity index (χ0n) is 7.81. The van der Waals surface area contributed by atoms with Crippen molar-refractivity contribution in [3.05, 3.63) is 0 Å². The van der Waals surface area contributed by atoms with Crippen molar-refractivity contribution in [3.63, 3.8) is 0 Å². The first-order chi connectivity index (χ1) is 3.81. The molecule has 2 nitrogen and oxygen atoms in total. The Bertz CT molecular complexity index is 53.8. The summed E-state index contributed by atoms with van der Waals surface area (Å²) in [6, 6.07) is 0. The fourth-order valence-corrected chi connectivity index (χ4v) is 0.518. The predicted octanol–water partition coefficient (Wildman–Crippen LogP) is -2.66. The van der Waals surface area contributed by atoms with Gasteiger partial charge in [0.1, 0.15) is 0 Å². The van der Waals surface area contributed by atoms with Crippen molar-refractivity contribution in [2.75, 3.05) is 13.2 Å². The summed E-state index contributed by atoms with van der Waals surface area (Å²) in [7, 11) is 0. The van der Waals surface area contributed by atoms with Crippen molar-refractivity contribution < 1.29 is 29.8 Å². The smallest absolute Gasteiger partial charge is 1.00 e. The van der Waals surface area contributed by atoms with Gasteiger partial charge in [-0.05, 0) is 20.8 Å². The second kappa shape index (κ2) is 12.7. The molecule has 0 N–H and O–H groups in total. The quantitative estimate of drug-likeness (QED) is 0.327. The van der Waals surface area contributed by atoms with Gasteiger partial charge in [0, 0.05) is 13.2 Å². The van der Waals surface area contributed by atoms with Crippen LogP contribution in [0.1, 0.15) is 22.2 Å². The van der Waals surface area contributed by atoms with E-state index < -0.39 is 0 Å². The Morgan fingerprint density at radius 1 is 1.20 bits per heavy atom. The minimum absolute atomic E-state index is 0. The standard InChI is InChI=1S/C6H14O2.Al.Li.4H/c1-4-7-6(3)8-5-2;;;;;;/h6H,4-5H2,1-3H3;;;;;;/q;;+1;;;;-1. The number of rotatable bonds is 4. The molecule has 0 aromatic rings. The van der Waals surface area contributed by atoms with Crippen LogP contribution in [0.15, 0.2) is 0 Å². The Kier molecular flexibility index (Phi) is 21.9. The third-order valence-electron chi connectivity index (χ3n) is 0.803. The molecule has 0 saturated heterocycles. The molecule has 0 unspecified atom stereocenters. The molecule has 0 aliphatic heterocycles. The Morgan fingerprint density at radius 3 is 1.70 bits per heavy atom. The molecular weight excluding hydrogens is 138 g/mol. The summed E-state index contributed by atoms with van der Waals surface area (Å²) < 4.78 is 10.1. The van der Waals surface area contributed by atoms with Crippen LogP contribution in [0.5, 0.6) is 0 Å². The zero-order chi connectivity index (χ0) is 6.41. The normalized spacial score (nSPS) is 8.40. The summed E-state index contributed by atoms with van der Waals surface area (Å²) >= 11 is 0. The minimum atomic E-state index is -0.0370. The molecule has 0 aromatic carbocycles. The summed E-state index contributed by atoms with van der Waals surface area (Å²) in [6.45, 7) is 7.25. The van der Waals surface area contributed by atoms with E-state index in [1.165, 1.54) is 0 Å². The van der Waals surface area contributed by atoms with Crippen molar-refractivity contribution in [1.29, 1.82) is 0 Å². The second-order valence-electron chi connectivity index (χ2n) is 1.48. The molecule has 0 bridgehead atoms. The Labute approximate surface area is 87.4 Å². The van der Waals surface area contributed by atoms with Crippen molar-refractivity contribution in [2.45, 2.75) is 27.1 Å². The van der Waals surface area contributed by atoms with Crippen LogP contribution in [-0.2, 0) is 9.47 Å². The Balaban J connectivity index is -0.0000000817. The van der Waals surface area contributed by atoms with E-state index in [1.54, 1.807) is 0 Å². The van der Waals surface area contributed by atoms with Crippen LogP contribution in [0.3, 0.4) is 0 Å². The van der Waals surface area contributed by atoms with Crippen LogP contribution in [0.2, 0.25) is 0 Å². The van der Waals surface area contributed by atoms with E-state index in [0.717, 1.165) is 13.2 Å². The summed E-state index contributed by atoms with van der Waals surface area (Å²) in [5.74, 6) is 0. The molecule has 0 heterocycles. The molecule has 0 amide bonds. The van der Waals surface area contributed by atoms with Gasteiger partial charge >= 0.3 is 18.9 Å². The molecule has 0 fully saturated rings. The van der Waals surface area contributed by atoms with E-state index in [0.29, 0.717) is 0 Å². The van der Waals surface area contributed by atoms with E-state index in [9.17, 15) is 0 Å². The van der Waals surface area contributed by atoms with Gasteiger partial charge in [-0.1, -0.05) is 0 Å². The van der Waals surface area contributed by atoms with Gasteiger partial charge in [-0.15, -0.1) is 0 Å². The molecule has 0 spiro atoms. The number of ether oxygens (including phenoxy) is 2. The van der Waals surface area contributed by atoms with Gasteiger partial charge in [0.25, 0.3) is 0 Å².